The van der Waals surface area contributed by atoms with Gasteiger partial charge in [0, 0.05) is 0 Å². The molecule has 0 bridgehead atoms. The van der Waals surface area contributed by atoms with E-state index in [2.05, 4.69) is 6.58 Å². The van der Waals surface area contributed by atoms with Gasteiger partial charge in [-0.3, -0.25) is 14.4 Å². The van der Waals surface area contributed by atoms with E-state index in [1.807, 2.05) is 0 Å². The Morgan fingerprint density at radius 2 is 1.61 bits per heavy atom. The van der Waals surface area contributed by atoms with Gasteiger partial charge in [-0.25, -0.2) is 0 Å². The number of hydrogen-bond acceptors (Lipinski definition) is 7. The van der Waals surface area contributed by atoms with Crippen molar-refractivity contribution in [3.63, 3.8) is 0 Å². The molecule has 4 N–H and O–H groups in total. The molecule has 1 aliphatic carbocycles. The summed E-state index contributed by atoms with van der Waals surface area (Å²) in [5, 5.41) is 41.1. The van der Waals surface area contributed by atoms with Crippen molar-refractivity contribution in [1.82, 2.24) is 0 Å². The number of carbonyl (C=O) groups excluding carboxylic acids is 3. The largest absolute Gasteiger partial charge is 0.390 e. The first kappa shape index (κ1) is 19.6. The van der Waals surface area contributed by atoms with Crippen LogP contribution in [0.4, 0.5) is 0 Å². The molecule has 0 aromatic rings. The molecule has 0 aromatic heterocycles. The molecule has 7 heteroatoms. The summed E-state index contributed by atoms with van der Waals surface area (Å²) < 4.78 is 0. The van der Waals surface area contributed by atoms with E-state index >= 15 is 0 Å². The van der Waals surface area contributed by atoms with Gasteiger partial charge in [0.25, 0.3) is 0 Å². The summed E-state index contributed by atoms with van der Waals surface area (Å²) in [5.74, 6) is -4.25. The Morgan fingerprint density at radius 3 is 1.87 bits per heavy atom. The van der Waals surface area contributed by atoms with Crippen molar-refractivity contribution in [2.45, 2.75) is 58.0 Å². The molecular weight excluding hydrogens is 304 g/mol. The van der Waals surface area contributed by atoms with Crippen LogP contribution in [0.3, 0.4) is 0 Å². The quantitative estimate of drug-likeness (QED) is 0.353. The first-order chi connectivity index (χ1) is 10.2. The number of carbonyl (C=O) groups is 3. The molecule has 1 fully saturated rings. The van der Waals surface area contributed by atoms with Gasteiger partial charge in [0.15, 0.2) is 11.4 Å². The van der Waals surface area contributed by atoms with Crippen LogP contribution < -0.4 is 0 Å². The van der Waals surface area contributed by atoms with Gasteiger partial charge in [0.2, 0.25) is 17.2 Å². The van der Waals surface area contributed by atoms with E-state index in [1.165, 1.54) is 34.6 Å². The lowest BCUT2D eigenvalue weighted by molar-refractivity contribution is -0.179. The van der Waals surface area contributed by atoms with Crippen LogP contribution in [0, 0.1) is 11.3 Å². The first-order valence-corrected chi connectivity index (χ1v) is 7.29. The van der Waals surface area contributed by atoms with Crippen molar-refractivity contribution in [1.29, 1.82) is 0 Å². The molecule has 0 aliphatic heterocycles. The number of ketones is 3. The minimum atomic E-state index is -3.20. The van der Waals surface area contributed by atoms with Gasteiger partial charge >= 0.3 is 0 Å². The van der Waals surface area contributed by atoms with Crippen molar-refractivity contribution in [2.75, 3.05) is 0 Å². The van der Waals surface area contributed by atoms with Crippen LogP contribution in [-0.2, 0) is 14.4 Å². The lowest BCUT2D eigenvalue weighted by atomic mass is 9.76. The minimum absolute atomic E-state index is 0.268. The Kier molecular flexibility index (Phi) is 4.77. The van der Waals surface area contributed by atoms with Crippen LogP contribution in [0.15, 0.2) is 12.2 Å². The fraction of sp³-hybridized carbons (Fsp3) is 0.688. The average molecular weight is 328 g/mol. The van der Waals surface area contributed by atoms with Gasteiger partial charge in [-0.05, 0) is 32.3 Å². The molecule has 0 heterocycles. The number of Topliss-reactive ketones (excluding diaryl/α,β-unsaturated/α-hetero) is 3. The number of hydrogen-bond donors (Lipinski definition) is 4. The summed E-state index contributed by atoms with van der Waals surface area (Å²) >= 11 is 0. The molecular formula is C16H24O7. The number of aliphatic hydroxyl groups is 4. The van der Waals surface area contributed by atoms with Crippen LogP contribution in [0.25, 0.3) is 0 Å². The number of aliphatic hydroxyl groups excluding tert-OH is 2. The highest BCUT2D eigenvalue weighted by atomic mass is 16.4. The maximum absolute atomic E-state index is 12.5. The zero-order valence-electron chi connectivity index (χ0n) is 14.0. The molecule has 0 radical (unpaired) electrons. The van der Waals surface area contributed by atoms with Gasteiger partial charge in [0.05, 0.1) is 11.5 Å². The predicted octanol–water partition coefficient (Wildman–Crippen LogP) is -0.850. The molecule has 0 spiro atoms. The van der Waals surface area contributed by atoms with Crippen molar-refractivity contribution < 1.29 is 34.8 Å². The van der Waals surface area contributed by atoms with E-state index in [1.54, 1.807) is 0 Å². The number of rotatable bonds is 7. The van der Waals surface area contributed by atoms with Crippen molar-refractivity contribution in [2.24, 2.45) is 11.3 Å². The van der Waals surface area contributed by atoms with E-state index in [9.17, 15) is 34.8 Å². The van der Waals surface area contributed by atoms with E-state index < -0.39 is 52.1 Å². The van der Waals surface area contributed by atoms with Crippen LogP contribution in [-0.4, -0.2) is 61.2 Å². The molecule has 1 unspecified atom stereocenters. The maximum atomic E-state index is 12.5. The van der Waals surface area contributed by atoms with Gasteiger partial charge < -0.3 is 20.4 Å². The molecule has 1 aliphatic rings. The molecule has 1 rings (SSSR count). The third kappa shape index (κ3) is 2.39. The molecule has 130 valence electrons. The molecule has 4 atom stereocenters. The Labute approximate surface area is 134 Å². The van der Waals surface area contributed by atoms with Crippen LogP contribution in [0.5, 0.6) is 0 Å². The molecule has 23 heavy (non-hydrogen) atoms. The van der Waals surface area contributed by atoms with Crippen LogP contribution in [0.1, 0.15) is 34.6 Å². The summed E-state index contributed by atoms with van der Waals surface area (Å²) in [5.41, 5.74) is -7.69. The van der Waals surface area contributed by atoms with Gasteiger partial charge in [-0.2, -0.15) is 0 Å². The van der Waals surface area contributed by atoms with Crippen molar-refractivity contribution >= 4 is 17.3 Å². The molecule has 1 saturated carbocycles. The van der Waals surface area contributed by atoms with Gasteiger partial charge in [-0.15, -0.1) is 0 Å². The van der Waals surface area contributed by atoms with E-state index in [0.717, 1.165) is 0 Å². The van der Waals surface area contributed by atoms with Crippen molar-refractivity contribution in [3.8, 4) is 0 Å². The topological polar surface area (TPSA) is 132 Å². The first-order valence-electron chi connectivity index (χ1n) is 7.29. The zero-order chi connectivity index (χ0) is 18.5. The minimum Gasteiger partial charge on any atom is -0.390 e. The lowest BCUT2D eigenvalue weighted by Crippen LogP contribution is -2.64. The predicted molar refractivity (Wildman–Crippen MR) is 80.4 cm³/mol. The molecule has 0 saturated heterocycles. The fourth-order valence-corrected chi connectivity index (χ4v) is 2.71. The monoisotopic (exact) mass is 328 g/mol. The fourth-order valence-electron chi connectivity index (χ4n) is 2.71. The molecule has 0 amide bonds. The lowest BCUT2D eigenvalue weighted by Gasteiger charge is -2.34. The van der Waals surface area contributed by atoms with E-state index in [-0.39, 0.29) is 5.57 Å². The molecule has 7 nitrogen and oxygen atoms in total. The third-order valence-corrected chi connectivity index (χ3v) is 4.61. The summed E-state index contributed by atoms with van der Waals surface area (Å²) in [7, 11) is 0. The second-order valence-electron chi connectivity index (χ2n) is 7.03. The molecule has 0 aromatic carbocycles. The van der Waals surface area contributed by atoms with Gasteiger partial charge in [0.1, 0.15) is 6.10 Å². The summed E-state index contributed by atoms with van der Waals surface area (Å²) in [6, 6.07) is 0. The highest BCUT2D eigenvalue weighted by molar-refractivity contribution is 6.28. The summed E-state index contributed by atoms with van der Waals surface area (Å²) in [6.07, 6.45) is -3.72. The summed E-state index contributed by atoms with van der Waals surface area (Å²) in [4.78, 5) is 36.9. The smallest absolute Gasteiger partial charge is 0.225 e. The SMILES string of the molecule is C=C(C)C(=O)[C@](O)(C(=O)[C@H](O)C(O)C(C)C)[C@@]1(O)C(=O)C1(C)C. The van der Waals surface area contributed by atoms with Crippen LogP contribution in [0.2, 0.25) is 0 Å². The van der Waals surface area contributed by atoms with Gasteiger partial charge in [-0.1, -0.05) is 20.4 Å². The highest BCUT2D eigenvalue weighted by Gasteiger charge is 2.84. The Balaban J connectivity index is 3.45. The Morgan fingerprint density at radius 1 is 1.22 bits per heavy atom. The van der Waals surface area contributed by atoms with E-state index in [0.29, 0.717) is 0 Å². The second kappa shape index (κ2) is 5.59. The normalized spacial score (nSPS) is 28.0. The summed E-state index contributed by atoms with van der Waals surface area (Å²) in [6.45, 7) is 10.1. The van der Waals surface area contributed by atoms with E-state index in [4.69, 9.17) is 0 Å². The highest BCUT2D eigenvalue weighted by Crippen LogP contribution is 2.58. The average Bonchev–Trinajstić information content (AvgIpc) is 2.87. The van der Waals surface area contributed by atoms with Crippen molar-refractivity contribution in [3.05, 3.63) is 12.2 Å². The zero-order valence-corrected chi connectivity index (χ0v) is 14.0. The standard InChI is InChI=1S/C16H24O7/c1-7(2)9(17)10(18)12(20)15(22,11(19)8(3)4)16(23)13(21)14(16,5)6/h7,9-10,17-18,22-23H,3H2,1-2,4-6H3/t9?,10-,15+,16-/m1/s1. The third-order valence-electron chi connectivity index (χ3n) is 4.61. The second-order valence-corrected chi connectivity index (χ2v) is 7.03. The maximum Gasteiger partial charge on any atom is 0.225 e. The Bertz CT molecular complexity index is 577. The Hall–Kier alpha value is -1.41. The van der Waals surface area contributed by atoms with Crippen LogP contribution >= 0.6 is 0 Å².